The molecule has 172 valence electrons. The third-order valence-electron chi connectivity index (χ3n) is 6.07. The zero-order valence-electron chi connectivity index (χ0n) is 19.5. The highest BCUT2D eigenvalue weighted by atomic mass is 16.4. The van der Waals surface area contributed by atoms with Crippen LogP contribution in [0.25, 0.3) is 0 Å². The lowest BCUT2D eigenvalue weighted by Gasteiger charge is -2.34. The van der Waals surface area contributed by atoms with Crippen molar-refractivity contribution in [1.82, 2.24) is 0 Å². The average molecular weight is 421 g/mol. The predicted octanol–water partition coefficient (Wildman–Crippen LogP) is 6.50. The number of aliphatic imine (C=N–C) groups is 1. The molecule has 30 heavy (non-hydrogen) atoms. The van der Waals surface area contributed by atoms with Crippen LogP contribution < -0.4 is 5.73 Å². The van der Waals surface area contributed by atoms with E-state index in [2.05, 4.69) is 24.1 Å². The summed E-state index contributed by atoms with van der Waals surface area (Å²) in [6.45, 7) is 4.09. The summed E-state index contributed by atoms with van der Waals surface area (Å²) < 4.78 is 0.170. The van der Waals surface area contributed by atoms with Crippen LogP contribution in [0, 0.1) is 0 Å². The van der Waals surface area contributed by atoms with Crippen LogP contribution in [0.15, 0.2) is 29.5 Å². The third-order valence-corrected chi connectivity index (χ3v) is 6.07. The van der Waals surface area contributed by atoms with Gasteiger partial charge in [0.05, 0.1) is 6.20 Å². The molecule has 0 fully saturated rings. The Morgan fingerprint density at radius 3 is 2.07 bits per heavy atom. The van der Waals surface area contributed by atoms with Gasteiger partial charge < -0.3 is 5.11 Å². The zero-order valence-corrected chi connectivity index (χ0v) is 19.5. The highest BCUT2D eigenvalue weighted by molar-refractivity contribution is 5.81. The van der Waals surface area contributed by atoms with Gasteiger partial charge in [0.15, 0.2) is 6.54 Å². The molecule has 0 aliphatic carbocycles. The Morgan fingerprint density at radius 1 is 1.00 bits per heavy atom. The number of aliphatic carboxylic acids is 1. The number of nitrogens with two attached hydrogens (primary N) is 1. The fraction of sp³-hybridized carbons (Fsp3) is 0.760. The molecule has 5 nitrogen and oxygen atoms in total. The highest BCUT2D eigenvalue weighted by Crippen LogP contribution is 2.23. The maximum absolute atomic E-state index is 11.3. The summed E-state index contributed by atoms with van der Waals surface area (Å²) in [5.74, 6) is 0.0568. The van der Waals surface area contributed by atoms with Crippen molar-refractivity contribution in [2.45, 2.75) is 116 Å². The van der Waals surface area contributed by atoms with Crippen LogP contribution in [0.2, 0.25) is 0 Å². The van der Waals surface area contributed by atoms with Gasteiger partial charge in [-0.25, -0.2) is 14.3 Å². The number of hydrogen-bond acceptors (Lipinski definition) is 3. The first-order valence-electron chi connectivity index (χ1n) is 12.3. The Kier molecular flexibility index (Phi) is 14.4. The van der Waals surface area contributed by atoms with Gasteiger partial charge in [-0.05, 0) is 32.1 Å². The largest absolute Gasteiger partial charge is 0.477 e. The fourth-order valence-electron chi connectivity index (χ4n) is 4.12. The molecule has 0 aromatic carbocycles. The Bertz CT molecular complexity index is 555. The molecule has 0 aromatic rings. The van der Waals surface area contributed by atoms with E-state index >= 15 is 0 Å². The first-order chi connectivity index (χ1) is 14.5. The first-order valence-corrected chi connectivity index (χ1v) is 12.3. The van der Waals surface area contributed by atoms with Gasteiger partial charge in [0.2, 0.25) is 5.84 Å². The van der Waals surface area contributed by atoms with Crippen LogP contribution in [-0.4, -0.2) is 34.1 Å². The minimum absolute atomic E-state index is 0.0261. The first kappa shape index (κ1) is 26.6. The lowest BCUT2D eigenvalue weighted by atomic mass is 10.0. The topological polar surface area (TPSA) is 75.7 Å². The number of hydrogen-bond donors (Lipinski definition) is 2. The zero-order chi connectivity index (χ0) is 22.1. The van der Waals surface area contributed by atoms with E-state index in [0.29, 0.717) is 0 Å². The average Bonchev–Trinajstić information content (AvgIpc) is 3.10. The fourth-order valence-corrected chi connectivity index (χ4v) is 4.12. The molecule has 0 amide bonds. The molecule has 0 spiro atoms. The number of allylic oxidation sites excluding steroid dienone is 2. The maximum Gasteiger partial charge on any atom is 0.360 e. The number of quaternary nitrogens is 1. The molecule has 0 aromatic heterocycles. The van der Waals surface area contributed by atoms with Gasteiger partial charge in [-0.3, -0.25) is 5.73 Å². The molecule has 1 rings (SSSR count). The third kappa shape index (κ3) is 10.5. The number of nitrogens with zero attached hydrogens (tertiary/aromatic N) is 2. The van der Waals surface area contributed by atoms with Crippen LogP contribution >= 0.6 is 0 Å². The number of carboxylic acids is 1. The smallest absolute Gasteiger partial charge is 0.360 e. The molecule has 5 heteroatoms. The Labute approximate surface area is 184 Å². The normalized spacial score (nSPS) is 19.5. The summed E-state index contributed by atoms with van der Waals surface area (Å²) in [7, 11) is 0. The van der Waals surface area contributed by atoms with Gasteiger partial charge >= 0.3 is 5.97 Å². The number of rotatable bonds is 19. The van der Waals surface area contributed by atoms with E-state index in [9.17, 15) is 9.90 Å². The molecular weight excluding hydrogens is 374 g/mol. The van der Waals surface area contributed by atoms with Crippen molar-refractivity contribution in [3.8, 4) is 0 Å². The molecule has 2 atom stereocenters. The van der Waals surface area contributed by atoms with Gasteiger partial charge in [0, 0.05) is 13.3 Å². The van der Waals surface area contributed by atoms with E-state index < -0.39 is 5.97 Å². The van der Waals surface area contributed by atoms with E-state index in [0.717, 1.165) is 18.7 Å². The second kappa shape index (κ2) is 16.3. The molecule has 0 saturated carbocycles. The molecule has 1 aliphatic rings. The van der Waals surface area contributed by atoms with Crippen LogP contribution in [0.3, 0.4) is 0 Å². The second-order valence-electron chi connectivity index (χ2n) is 8.75. The van der Waals surface area contributed by atoms with Gasteiger partial charge in [0.25, 0.3) is 0 Å². The van der Waals surface area contributed by atoms with Crippen molar-refractivity contribution in [2.24, 2.45) is 10.7 Å². The summed E-state index contributed by atoms with van der Waals surface area (Å²) in [4.78, 5) is 15.7. The van der Waals surface area contributed by atoms with Crippen molar-refractivity contribution in [2.75, 3.05) is 6.54 Å². The van der Waals surface area contributed by atoms with E-state index in [1.54, 1.807) is 6.20 Å². The monoisotopic (exact) mass is 420 g/mol. The molecule has 2 unspecified atom stereocenters. The summed E-state index contributed by atoms with van der Waals surface area (Å²) in [5.41, 5.74) is 6.11. The SMILES string of the molecule is CCCCC/C=C/CCCCCCCCCCCC1=NC=C[N+]1(CC(=O)O)C(C)N. The van der Waals surface area contributed by atoms with Crippen LogP contribution in [0.1, 0.15) is 110 Å². The molecule has 0 radical (unpaired) electrons. The lowest BCUT2D eigenvalue weighted by molar-refractivity contribution is -0.805. The van der Waals surface area contributed by atoms with E-state index in [4.69, 9.17) is 5.73 Å². The quantitative estimate of drug-likeness (QED) is 0.142. The Hall–Kier alpha value is -1.46. The summed E-state index contributed by atoms with van der Waals surface area (Å²) in [6, 6.07) is 0. The standard InChI is InChI=1S/C25H45N3O2/c1-3-4-5-6-7-8-9-10-11-12-13-14-15-16-17-18-19-24-27-20-21-28(24,23(2)26)22-25(29)30/h7-8,20-21,23H,3-6,9-19,22,26H2,1-2H3/p+1/b8-7+. The van der Waals surface area contributed by atoms with Crippen molar-refractivity contribution in [1.29, 1.82) is 0 Å². The van der Waals surface area contributed by atoms with Crippen LogP contribution in [0.5, 0.6) is 0 Å². The maximum atomic E-state index is 11.3. The second-order valence-corrected chi connectivity index (χ2v) is 8.75. The summed E-state index contributed by atoms with van der Waals surface area (Å²) >= 11 is 0. The van der Waals surface area contributed by atoms with E-state index in [1.165, 1.54) is 83.5 Å². The predicted molar refractivity (Wildman–Crippen MR) is 127 cm³/mol. The molecule has 0 bridgehead atoms. The molecular formula is C25H46N3O2+. The number of unbranched alkanes of at least 4 members (excludes halogenated alkanes) is 12. The van der Waals surface area contributed by atoms with E-state index in [-0.39, 0.29) is 17.2 Å². The minimum atomic E-state index is -0.838. The van der Waals surface area contributed by atoms with Crippen molar-refractivity contribution < 1.29 is 14.4 Å². The number of amidine groups is 1. The van der Waals surface area contributed by atoms with Gasteiger partial charge in [-0.15, -0.1) is 0 Å². The highest BCUT2D eigenvalue weighted by Gasteiger charge is 2.40. The Morgan fingerprint density at radius 2 is 1.53 bits per heavy atom. The molecule has 1 aliphatic heterocycles. The van der Waals surface area contributed by atoms with Crippen molar-refractivity contribution in [3.63, 3.8) is 0 Å². The number of carbonyl (C=O) groups is 1. The summed E-state index contributed by atoms with van der Waals surface area (Å²) in [5, 5.41) is 9.25. The summed E-state index contributed by atoms with van der Waals surface area (Å²) in [6.07, 6.45) is 26.8. The molecule has 0 saturated heterocycles. The Balaban J connectivity index is 2.00. The molecule has 3 N–H and O–H groups in total. The van der Waals surface area contributed by atoms with Crippen LogP contribution in [-0.2, 0) is 4.79 Å². The van der Waals surface area contributed by atoms with Gasteiger partial charge in [-0.1, -0.05) is 76.9 Å². The minimum Gasteiger partial charge on any atom is -0.477 e. The lowest BCUT2D eigenvalue weighted by Crippen LogP contribution is -2.59. The number of carboxylic acid groups (broad SMARTS) is 1. The van der Waals surface area contributed by atoms with E-state index in [1.807, 2.05) is 13.1 Å². The molecule has 1 heterocycles. The van der Waals surface area contributed by atoms with Crippen molar-refractivity contribution >= 4 is 11.8 Å². The van der Waals surface area contributed by atoms with Crippen molar-refractivity contribution in [3.05, 3.63) is 24.6 Å². The van der Waals surface area contributed by atoms with Gasteiger partial charge in [-0.2, -0.15) is 0 Å². The van der Waals surface area contributed by atoms with Gasteiger partial charge in [0.1, 0.15) is 12.4 Å². The van der Waals surface area contributed by atoms with Crippen LogP contribution in [0.4, 0.5) is 0 Å².